The second-order valence-electron chi connectivity index (χ2n) is 7.75. The lowest BCUT2D eigenvalue weighted by molar-refractivity contribution is -0.141. The summed E-state index contributed by atoms with van der Waals surface area (Å²) in [7, 11) is 0. The zero-order valence-electron chi connectivity index (χ0n) is 17.1. The molecule has 0 aliphatic carbocycles. The molecule has 0 bridgehead atoms. The molecule has 1 aromatic carbocycles. The normalized spacial score (nSPS) is 17.6. The number of ether oxygens (including phenoxy) is 1. The first-order valence-corrected chi connectivity index (χ1v) is 10.4. The maximum Gasteiger partial charge on any atom is 0.317 e. The van der Waals surface area contributed by atoms with Crippen LogP contribution < -0.4 is 5.32 Å². The van der Waals surface area contributed by atoms with E-state index in [-0.39, 0.29) is 30.1 Å². The van der Waals surface area contributed by atoms with Crippen molar-refractivity contribution in [3.8, 4) is 5.69 Å². The third-order valence-corrected chi connectivity index (χ3v) is 5.69. The van der Waals surface area contributed by atoms with Crippen molar-refractivity contribution in [2.24, 2.45) is 5.92 Å². The van der Waals surface area contributed by atoms with E-state index < -0.39 is 11.6 Å². The number of piperidine rings is 1. The van der Waals surface area contributed by atoms with Crippen molar-refractivity contribution < 1.29 is 23.1 Å². The predicted molar refractivity (Wildman–Crippen MR) is 107 cm³/mol. The van der Waals surface area contributed by atoms with Gasteiger partial charge in [-0.2, -0.15) is 5.10 Å². The van der Waals surface area contributed by atoms with Crippen molar-refractivity contribution in [3.63, 3.8) is 0 Å². The topological polar surface area (TPSA) is 79.7 Å². The highest BCUT2D eigenvalue weighted by molar-refractivity contribution is 5.80. The number of hydrogen-bond donors (Lipinski definition) is 1. The molecule has 31 heavy (non-hydrogen) atoms. The SMILES string of the molecule is O=C(NCc1cnn(-c2ccc(F)cc2F)c1)N1CCC(C(=O)N2CCOCC2)CC1. The lowest BCUT2D eigenvalue weighted by atomic mass is 9.95. The summed E-state index contributed by atoms with van der Waals surface area (Å²) >= 11 is 0. The molecular weight excluding hydrogens is 408 g/mol. The number of likely N-dealkylation sites (tertiary alicyclic amines) is 1. The molecule has 3 amide bonds. The quantitative estimate of drug-likeness (QED) is 0.799. The van der Waals surface area contributed by atoms with Crippen molar-refractivity contribution in [2.75, 3.05) is 39.4 Å². The Bertz CT molecular complexity index is 937. The molecule has 0 spiro atoms. The average molecular weight is 433 g/mol. The lowest BCUT2D eigenvalue weighted by Crippen LogP contribution is -2.49. The summed E-state index contributed by atoms with van der Waals surface area (Å²) in [5.74, 6) is -1.26. The molecular formula is C21H25F2N5O3. The Morgan fingerprint density at radius 1 is 1.10 bits per heavy atom. The highest BCUT2D eigenvalue weighted by Crippen LogP contribution is 2.20. The zero-order chi connectivity index (χ0) is 21.8. The number of benzene rings is 1. The molecule has 3 heterocycles. The molecule has 1 aromatic heterocycles. The Morgan fingerprint density at radius 3 is 2.55 bits per heavy atom. The summed E-state index contributed by atoms with van der Waals surface area (Å²) in [4.78, 5) is 28.6. The van der Waals surface area contributed by atoms with Crippen LogP contribution in [-0.4, -0.2) is 70.9 Å². The average Bonchev–Trinajstić information content (AvgIpc) is 3.26. The number of morpholine rings is 1. The first kappa shape index (κ1) is 21.2. The maximum absolute atomic E-state index is 13.9. The molecule has 2 aliphatic heterocycles. The summed E-state index contributed by atoms with van der Waals surface area (Å²) in [5, 5.41) is 6.91. The molecule has 2 fully saturated rings. The van der Waals surface area contributed by atoms with Crippen LogP contribution in [0.4, 0.5) is 13.6 Å². The Kier molecular flexibility index (Phi) is 6.45. The Balaban J connectivity index is 1.25. The van der Waals surface area contributed by atoms with Gasteiger partial charge < -0.3 is 19.9 Å². The minimum Gasteiger partial charge on any atom is -0.378 e. The second-order valence-corrected chi connectivity index (χ2v) is 7.75. The fourth-order valence-electron chi connectivity index (χ4n) is 3.91. The van der Waals surface area contributed by atoms with Crippen molar-refractivity contribution in [1.82, 2.24) is 24.9 Å². The number of urea groups is 1. The van der Waals surface area contributed by atoms with Gasteiger partial charge >= 0.3 is 6.03 Å². The van der Waals surface area contributed by atoms with E-state index in [9.17, 15) is 18.4 Å². The van der Waals surface area contributed by atoms with Crippen molar-refractivity contribution in [3.05, 3.63) is 47.8 Å². The minimum absolute atomic E-state index is 0.0500. The molecule has 10 heteroatoms. The summed E-state index contributed by atoms with van der Waals surface area (Å²) in [6.07, 6.45) is 4.40. The molecule has 2 saturated heterocycles. The third kappa shape index (κ3) is 5.01. The first-order valence-electron chi connectivity index (χ1n) is 10.4. The van der Waals surface area contributed by atoms with Gasteiger partial charge in [0, 0.05) is 56.5 Å². The summed E-state index contributed by atoms with van der Waals surface area (Å²) in [6, 6.07) is 3.06. The van der Waals surface area contributed by atoms with E-state index >= 15 is 0 Å². The number of aromatic nitrogens is 2. The molecule has 166 valence electrons. The number of rotatable bonds is 4. The van der Waals surface area contributed by atoms with E-state index in [0.29, 0.717) is 57.8 Å². The van der Waals surface area contributed by atoms with E-state index in [0.717, 1.165) is 12.1 Å². The number of nitrogens with zero attached hydrogens (tertiary/aromatic N) is 4. The van der Waals surface area contributed by atoms with E-state index in [1.54, 1.807) is 11.1 Å². The molecule has 0 atom stereocenters. The van der Waals surface area contributed by atoms with Crippen LogP contribution in [0.1, 0.15) is 18.4 Å². The predicted octanol–water partition coefficient (Wildman–Crippen LogP) is 1.93. The van der Waals surface area contributed by atoms with Gasteiger partial charge in [-0.05, 0) is 25.0 Å². The van der Waals surface area contributed by atoms with Gasteiger partial charge in [0.05, 0.1) is 19.4 Å². The molecule has 1 N–H and O–H groups in total. The van der Waals surface area contributed by atoms with Crippen LogP contribution >= 0.6 is 0 Å². The monoisotopic (exact) mass is 433 g/mol. The Labute approximate surface area is 178 Å². The van der Waals surface area contributed by atoms with Gasteiger partial charge in [0.2, 0.25) is 5.91 Å². The zero-order valence-corrected chi connectivity index (χ0v) is 17.1. The molecule has 8 nitrogen and oxygen atoms in total. The number of hydrogen-bond acceptors (Lipinski definition) is 4. The largest absolute Gasteiger partial charge is 0.378 e. The van der Waals surface area contributed by atoms with Gasteiger partial charge in [-0.1, -0.05) is 0 Å². The van der Waals surface area contributed by atoms with Crippen LogP contribution in [0.3, 0.4) is 0 Å². The van der Waals surface area contributed by atoms with Crippen LogP contribution in [0.15, 0.2) is 30.6 Å². The number of halogens is 2. The highest BCUT2D eigenvalue weighted by atomic mass is 19.1. The number of nitrogens with one attached hydrogen (secondary N) is 1. The maximum atomic E-state index is 13.9. The fourth-order valence-corrected chi connectivity index (χ4v) is 3.91. The fraction of sp³-hybridized carbons (Fsp3) is 0.476. The number of carbonyl (C=O) groups is 2. The van der Waals surface area contributed by atoms with Crippen molar-refractivity contribution in [2.45, 2.75) is 19.4 Å². The van der Waals surface area contributed by atoms with Crippen LogP contribution in [0.5, 0.6) is 0 Å². The van der Waals surface area contributed by atoms with Gasteiger partial charge in [0.25, 0.3) is 0 Å². The standard InChI is InChI=1S/C21H25F2N5O3/c22-17-1-2-19(18(23)11-17)28-14-15(13-25-28)12-24-21(30)27-5-3-16(4-6-27)20(29)26-7-9-31-10-8-26/h1-2,11,13-14,16H,3-10,12H2,(H,24,30). The first-order chi connectivity index (χ1) is 15.0. The molecule has 0 radical (unpaired) electrons. The van der Waals surface area contributed by atoms with E-state index in [2.05, 4.69) is 10.4 Å². The molecule has 4 rings (SSSR count). The van der Waals surface area contributed by atoms with E-state index in [1.807, 2.05) is 4.90 Å². The van der Waals surface area contributed by atoms with Crippen LogP contribution in [0.25, 0.3) is 5.69 Å². The Morgan fingerprint density at radius 2 is 1.84 bits per heavy atom. The third-order valence-electron chi connectivity index (χ3n) is 5.69. The Hall–Kier alpha value is -3.01. The van der Waals surface area contributed by atoms with Gasteiger partial charge in [-0.25, -0.2) is 18.3 Å². The minimum atomic E-state index is -0.715. The number of carbonyl (C=O) groups excluding carboxylic acids is 2. The molecule has 0 unspecified atom stereocenters. The van der Waals surface area contributed by atoms with Gasteiger partial charge in [0.15, 0.2) is 5.82 Å². The van der Waals surface area contributed by atoms with E-state index in [4.69, 9.17) is 4.74 Å². The summed E-state index contributed by atoms with van der Waals surface area (Å²) in [6.45, 7) is 3.70. The second kappa shape index (κ2) is 9.42. The van der Waals surface area contributed by atoms with Gasteiger partial charge in [0.1, 0.15) is 11.5 Å². The van der Waals surface area contributed by atoms with Crippen LogP contribution in [-0.2, 0) is 16.1 Å². The smallest absolute Gasteiger partial charge is 0.317 e. The van der Waals surface area contributed by atoms with Gasteiger partial charge in [-0.3, -0.25) is 4.79 Å². The van der Waals surface area contributed by atoms with E-state index in [1.165, 1.54) is 16.9 Å². The molecule has 2 aromatic rings. The summed E-state index contributed by atoms with van der Waals surface area (Å²) < 4.78 is 33.6. The highest BCUT2D eigenvalue weighted by Gasteiger charge is 2.30. The van der Waals surface area contributed by atoms with Crippen molar-refractivity contribution in [1.29, 1.82) is 0 Å². The summed E-state index contributed by atoms with van der Waals surface area (Å²) in [5.41, 5.74) is 0.820. The number of amides is 3. The van der Waals surface area contributed by atoms with Gasteiger partial charge in [-0.15, -0.1) is 0 Å². The van der Waals surface area contributed by atoms with Crippen LogP contribution in [0, 0.1) is 17.6 Å². The van der Waals surface area contributed by atoms with Crippen molar-refractivity contribution >= 4 is 11.9 Å². The molecule has 0 saturated carbocycles. The molecule has 2 aliphatic rings. The lowest BCUT2D eigenvalue weighted by Gasteiger charge is -2.35. The van der Waals surface area contributed by atoms with Crippen LogP contribution in [0.2, 0.25) is 0 Å².